The maximum Gasteiger partial charge on any atom is 0.315 e. The number of sulfone groups is 1. The molecule has 2 N–H and O–H groups in total. The molecule has 1 aromatic carbocycles. The lowest BCUT2D eigenvalue weighted by Crippen LogP contribution is -2.44. The van der Waals surface area contributed by atoms with E-state index in [1.807, 2.05) is 26.8 Å². The Kier molecular flexibility index (Phi) is 6.74. The van der Waals surface area contributed by atoms with Crippen molar-refractivity contribution >= 4 is 15.9 Å². The quantitative estimate of drug-likeness (QED) is 0.779. The Morgan fingerprint density at radius 3 is 2.58 bits per heavy atom. The van der Waals surface area contributed by atoms with E-state index in [1.165, 1.54) is 0 Å². The molecule has 7 heteroatoms. The molecular formula is C19H25N3O3S. The Morgan fingerprint density at radius 2 is 1.96 bits per heavy atom. The fraction of sp³-hybridized carbons (Fsp3) is 0.368. The predicted octanol–water partition coefficient (Wildman–Crippen LogP) is 2.75. The second-order valence-corrected chi connectivity index (χ2v) is 8.36. The summed E-state index contributed by atoms with van der Waals surface area (Å²) in [5, 5.41) is 5.46. The standard InChI is InChI=1S/C19H25N3O3S/c1-4-17(22-19(23)21-12-16-6-5-9-20-11-16)13-26(24,25)18-8-7-14(2)15(3)10-18/h5-11,17H,4,12-13H2,1-3H3,(H2,21,22,23)/t17-/m1/s1. The van der Waals surface area contributed by atoms with E-state index in [0.29, 0.717) is 13.0 Å². The minimum atomic E-state index is -3.48. The van der Waals surface area contributed by atoms with Crippen molar-refractivity contribution in [3.05, 3.63) is 59.4 Å². The highest BCUT2D eigenvalue weighted by atomic mass is 32.2. The van der Waals surface area contributed by atoms with Crippen LogP contribution < -0.4 is 10.6 Å². The molecule has 0 aliphatic heterocycles. The van der Waals surface area contributed by atoms with Gasteiger partial charge in [-0.3, -0.25) is 4.98 Å². The van der Waals surface area contributed by atoms with Gasteiger partial charge in [-0.05, 0) is 55.2 Å². The van der Waals surface area contributed by atoms with E-state index in [0.717, 1.165) is 16.7 Å². The highest BCUT2D eigenvalue weighted by Gasteiger charge is 2.22. The molecule has 1 heterocycles. The third-order valence-electron chi connectivity index (χ3n) is 4.26. The van der Waals surface area contributed by atoms with Gasteiger partial charge in [-0.1, -0.05) is 19.1 Å². The molecule has 0 aliphatic carbocycles. The van der Waals surface area contributed by atoms with Crippen LogP contribution in [0.3, 0.4) is 0 Å². The Balaban J connectivity index is 1.97. The molecule has 0 unspecified atom stereocenters. The van der Waals surface area contributed by atoms with Crippen molar-refractivity contribution in [3.63, 3.8) is 0 Å². The van der Waals surface area contributed by atoms with Gasteiger partial charge in [0, 0.05) is 25.0 Å². The zero-order valence-corrected chi connectivity index (χ0v) is 16.1. The number of rotatable bonds is 7. The normalized spacial score (nSPS) is 12.4. The highest BCUT2D eigenvalue weighted by molar-refractivity contribution is 7.91. The SMILES string of the molecule is CC[C@H](CS(=O)(=O)c1ccc(C)c(C)c1)NC(=O)NCc1cccnc1. The van der Waals surface area contributed by atoms with E-state index < -0.39 is 21.9 Å². The maximum atomic E-state index is 12.6. The maximum absolute atomic E-state index is 12.6. The van der Waals surface area contributed by atoms with Crippen LogP contribution in [0.2, 0.25) is 0 Å². The van der Waals surface area contributed by atoms with Crippen molar-refractivity contribution in [3.8, 4) is 0 Å². The Bertz CT molecular complexity index is 852. The van der Waals surface area contributed by atoms with Crippen molar-refractivity contribution in [2.24, 2.45) is 0 Å². The summed E-state index contributed by atoms with van der Waals surface area (Å²) in [7, 11) is -3.48. The lowest BCUT2D eigenvalue weighted by atomic mass is 10.1. The van der Waals surface area contributed by atoms with Crippen LogP contribution in [0.5, 0.6) is 0 Å². The lowest BCUT2D eigenvalue weighted by molar-refractivity contribution is 0.237. The van der Waals surface area contributed by atoms with E-state index in [-0.39, 0.29) is 10.6 Å². The van der Waals surface area contributed by atoms with Crippen molar-refractivity contribution in [2.45, 2.75) is 44.7 Å². The van der Waals surface area contributed by atoms with Crippen LogP contribution in [0.1, 0.15) is 30.0 Å². The first-order chi connectivity index (χ1) is 12.3. The second-order valence-electron chi connectivity index (χ2n) is 6.32. The van der Waals surface area contributed by atoms with Gasteiger partial charge in [0.05, 0.1) is 10.6 Å². The number of carbonyl (C=O) groups excluding carboxylic acids is 1. The third kappa shape index (κ3) is 5.56. The largest absolute Gasteiger partial charge is 0.334 e. The molecule has 140 valence electrons. The summed E-state index contributed by atoms with van der Waals surface area (Å²) in [4.78, 5) is 16.3. The number of pyridine rings is 1. The molecule has 2 amide bonds. The molecule has 6 nitrogen and oxygen atoms in total. The summed E-state index contributed by atoms with van der Waals surface area (Å²) in [6.45, 7) is 6.01. The molecular weight excluding hydrogens is 350 g/mol. The van der Waals surface area contributed by atoms with Gasteiger partial charge in [-0.2, -0.15) is 0 Å². The average Bonchev–Trinajstić information content (AvgIpc) is 2.62. The monoisotopic (exact) mass is 375 g/mol. The molecule has 1 aromatic heterocycles. The first-order valence-electron chi connectivity index (χ1n) is 8.55. The summed E-state index contributed by atoms with van der Waals surface area (Å²) in [6.07, 6.45) is 3.85. The summed E-state index contributed by atoms with van der Waals surface area (Å²) in [6, 6.07) is 7.89. The zero-order valence-electron chi connectivity index (χ0n) is 15.3. The lowest BCUT2D eigenvalue weighted by Gasteiger charge is -2.18. The van der Waals surface area contributed by atoms with Crippen LogP contribution in [0.15, 0.2) is 47.6 Å². The molecule has 0 saturated carbocycles. The van der Waals surface area contributed by atoms with E-state index in [4.69, 9.17) is 0 Å². The fourth-order valence-electron chi connectivity index (χ4n) is 2.45. The molecule has 0 bridgehead atoms. The van der Waals surface area contributed by atoms with Crippen LogP contribution in [0.25, 0.3) is 0 Å². The van der Waals surface area contributed by atoms with E-state index in [2.05, 4.69) is 15.6 Å². The van der Waals surface area contributed by atoms with Crippen molar-refractivity contribution in [2.75, 3.05) is 5.75 Å². The second kappa shape index (κ2) is 8.80. The Labute approximate surface area is 155 Å². The number of benzene rings is 1. The van der Waals surface area contributed by atoms with E-state index >= 15 is 0 Å². The van der Waals surface area contributed by atoms with Crippen LogP contribution in [0, 0.1) is 13.8 Å². The summed E-state index contributed by atoms with van der Waals surface area (Å²) in [5.41, 5.74) is 2.85. The van der Waals surface area contributed by atoms with Gasteiger partial charge < -0.3 is 10.6 Å². The summed E-state index contributed by atoms with van der Waals surface area (Å²) >= 11 is 0. The topological polar surface area (TPSA) is 88.2 Å². The van der Waals surface area contributed by atoms with Gasteiger partial charge in [0.25, 0.3) is 0 Å². The van der Waals surface area contributed by atoms with Crippen LogP contribution in [0.4, 0.5) is 4.79 Å². The number of nitrogens with zero attached hydrogens (tertiary/aromatic N) is 1. The predicted molar refractivity (Wildman–Crippen MR) is 102 cm³/mol. The van der Waals surface area contributed by atoms with Crippen LogP contribution in [-0.4, -0.2) is 31.2 Å². The zero-order chi connectivity index (χ0) is 19.2. The van der Waals surface area contributed by atoms with Gasteiger partial charge >= 0.3 is 6.03 Å². The minimum Gasteiger partial charge on any atom is -0.334 e. The number of aromatic nitrogens is 1. The molecule has 0 aliphatic rings. The van der Waals surface area contributed by atoms with Gasteiger partial charge in [-0.25, -0.2) is 13.2 Å². The molecule has 0 saturated heterocycles. The number of carbonyl (C=O) groups is 1. The van der Waals surface area contributed by atoms with Crippen LogP contribution in [-0.2, 0) is 16.4 Å². The van der Waals surface area contributed by atoms with Crippen molar-refractivity contribution in [1.82, 2.24) is 15.6 Å². The molecule has 26 heavy (non-hydrogen) atoms. The Morgan fingerprint density at radius 1 is 1.19 bits per heavy atom. The first kappa shape index (κ1) is 19.9. The van der Waals surface area contributed by atoms with Crippen LogP contribution >= 0.6 is 0 Å². The molecule has 2 aromatic rings. The first-order valence-corrected chi connectivity index (χ1v) is 10.2. The van der Waals surface area contributed by atoms with Gasteiger partial charge in [0.2, 0.25) is 0 Å². The Hall–Kier alpha value is -2.41. The molecule has 0 radical (unpaired) electrons. The smallest absolute Gasteiger partial charge is 0.315 e. The van der Waals surface area contributed by atoms with E-state index in [1.54, 1.807) is 36.7 Å². The number of hydrogen-bond acceptors (Lipinski definition) is 4. The fourth-order valence-corrected chi connectivity index (χ4v) is 4.12. The van der Waals surface area contributed by atoms with Crippen molar-refractivity contribution in [1.29, 1.82) is 0 Å². The molecule has 0 spiro atoms. The third-order valence-corrected chi connectivity index (χ3v) is 6.08. The average molecular weight is 375 g/mol. The number of urea groups is 1. The van der Waals surface area contributed by atoms with Gasteiger partial charge in [0.15, 0.2) is 9.84 Å². The van der Waals surface area contributed by atoms with Gasteiger partial charge in [-0.15, -0.1) is 0 Å². The highest BCUT2D eigenvalue weighted by Crippen LogP contribution is 2.17. The van der Waals surface area contributed by atoms with E-state index in [9.17, 15) is 13.2 Å². The molecule has 0 fully saturated rings. The number of aryl methyl sites for hydroxylation is 2. The number of nitrogens with one attached hydrogen (secondary N) is 2. The van der Waals surface area contributed by atoms with Gasteiger partial charge in [0.1, 0.15) is 0 Å². The van der Waals surface area contributed by atoms with Crippen molar-refractivity contribution < 1.29 is 13.2 Å². The number of hydrogen-bond donors (Lipinski definition) is 2. The molecule has 1 atom stereocenters. The minimum absolute atomic E-state index is 0.133. The molecule has 2 rings (SSSR count). The summed E-state index contributed by atoms with van der Waals surface area (Å²) in [5.74, 6) is -0.133. The number of amides is 2. The summed E-state index contributed by atoms with van der Waals surface area (Å²) < 4.78 is 25.3.